The number of hydrazone groups is 1. The molecular formula is C15H14Cl3N3. The molecule has 0 saturated carbocycles. The summed E-state index contributed by atoms with van der Waals surface area (Å²) in [5.74, 6) is 0. The van der Waals surface area contributed by atoms with Crippen LogP contribution in [0.1, 0.15) is 12.5 Å². The van der Waals surface area contributed by atoms with Crippen LogP contribution in [0.3, 0.4) is 0 Å². The van der Waals surface area contributed by atoms with E-state index in [4.69, 9.17) is 34.8 Å². The van der Waals surface area contributed by atoms with Gasteiger partial charge >= 0.3 is 0 Å². The molecule has 2 aromatic carbocycles. The maximum atomic E-state index is 6.09. The molecule has 0 aromatic heterocycles. The molecular weight excluding hydrogens is 329 g/mol. The molecule has 0 atom stereocenters. The fourth-order valence-electron chi connectivity index (χ4n) is 1.84. The van der Waals surface area contributed by atoms with Gasteiger partial charge in [-0.3, -0.25) is 5.43 Å². The van der Waals surface area contributed by atoms with E-state index in [2.05, 4.69) is 15.8 Å². The standard InChI is InChI=1S/C15H14Cl3N3/c1-9(11-8-10(16)6-7-14(11)19-2)20-21-15-12(17)4-3-5-13(15)18/h3-8,19,21H,1-2H3/b20-9-. The second kappa shape index (κ2) is 7.03. The molecule has 0 aliphatic carbocycles. The minimum absolute atomic E-state index is 0.513. The molecule has 2 rings (SSSR count). The maximum absolute atomic E-state index is 6.09. The summed E-state index contributed by atoms with van der Waals surface area (Å²) in [6, 6.07) is 10.9. The quantitative estimate of drug-likeness (QED) is 0.566. The van der Waals surface area contributed by atoms with Crippen molar-refractivity contribution in [3.8, 4) is 0 Å². The van der Waals surface area contributed by atoms with Crippen molar-refractivity contribution >= 4 is 51.9 Å². The number of rotatable bonds is 4. The molecule has 2 N–H and O–H groups in total. The Kier molecular flexibility index (Phi) is 5.34. The average molecular weight is 343 g/mol. The Labute approximate surface area is 138 Å². The van der Waals surface area contributed by atoms with Gasteiger partial charge < -0.3 is 5.32 Å². The second-order valence-electron chi connectivity index (χ2n) is 4.35. The molecule has 3 nitrogen and oxygen atoms in total. The zero-order valence-electron chi connectivity index (χ0n) is 11.5. The van der Waals surface area contributed by atoms with Gasteiger partial charge in [-0.05, 0) is 37.3 Å². The maximum Gasteiger partial charge on any atom is 0.0934 e. The SMILES string of the molecule is CNc1ccc(Cl)cc1/C(C)=N\Nc1c(Cl)cccc1Cl. The van der Waals surface area contributed by atoms with Gasteiger partial charge in [-0.25, -0.2) is 0 Å². The summed E-state index contributed by atoms with van der Waals surface area (Å²) >= 11 is 18.2. The number of nitrogens with one attached hydrogen (secondary N) is 2. The van der Waals surface area contributed by atoms with Crippen molar-refractivity contribution in [3.63, 3.8) is 0 Å². The topological polar surface area (TPSA) is 36.4 Å². The summed E-state index contributed by atoms with van der Waals surface area (Å²) in [4.78, 5) is 0. The van der Waals surface area contributed by atoms with Gasteiger partial charge in [0.05, 0.1) is 21.4 Å². The van der Waals surface area contributed by atoms with Crippen LogP contribution in [-0.2, 0) is 0 Å². The van der Waals surface area contributed by atoms with Gasteiger partial charge in [-0.2, -0.15) is 5.10 Å². The monoisotopic (exact) mass is 341 g/mol. The minimum Gasteiger partial charge on any atom is -0.388 e. The lowest BCUT2D eigenvalue weighted by Crippen LogP contribution is -2.04. The molecule has 2 aromatic rings. The van der Waals surface area contributed by atoms with Crippen LogP contribution in [-0.4, -0.2) is 12.8 Å². The summed E-state index contributed by atoms with van der Waals surface area (Å²) < 4.78 is 0. The molecule has 110 valence electrons. The molecule has 0 heterocycles. The fraction of sp³-hybridized carbons (Fsp3) is 0.133. The van der Waals surface area contributed by atoms with Gasteiger partial charge in [0, 0.05) is 23.3 Å². The number of hydrogen-bond donors (Lipinski definition) is 2. The molecule has 0 aliphatic rings. The molecule has 0 radical (unpaired) electrons. The molecule has 0 aliphatic heterocycles. The first kappa shape index (κ1) is 16.0. The Morgan fingerprint density at radius 2 is 1.71 bits per heavy atom. The highest BCUT2D eigenvalue weighted by atomic mass is 35.5. The zero-order valence-corrected chi connectivity index (χ0v) is 13.8. The van der Waals surface area contributed by atoms with E-state index in [1.807, 2.05) is 32.2 Å². The number of nitrogens with zero attached hydrogens (tertiary/aromatic N) is 1. The number of para-hydroxylation sites is 1. The Morgan fingerprint density at radius 1 is 1.05 bits per heavy atom. The van der Waals surface area contributed by atoms with Crippen LogP contribution in [0.4, 0.5) is 11.4 Å². The van der Waals surface area contributed by atoms with Crippen LogP contribution in [0.5, 0.6) is 0 Å². The molecule has 0 amide bonds. The van der Waals surface area contributed by atoms with Crippen molar-refractivity contribution in [2.75, 3.05) is 17.8 Å². The molecule has 0 unspecified atom stereocenters. The van der Waals surface area contributed by atoms with E-state index in [-0.39, 0.29) is 0 Å². The van der Waals surface area contributed by atoms with Crippen molar-refractivity contribution in [1.82, 2.24) is 0 Å². The first-order valence-electron chi connectivity index (χ1n) is 6.25. The smallest absolute Gasteiger partial charge is 0.0934 e. The number of benzene rings is 2. The van der Waals surface area contributed by atoms with E-state index in [9.17, 15) is 0 Å². The first-order valence-corrected chi connectivity index (χ1v) is 7.38. The van der Waals surface area contributed by atoms with Crippen LogP contribution in [0, 0.1) is 0 Å². The van der Waals surface area contributed by atoms with Crippen LogP contribution in [0.2, 0.25) is 15.1 Å². The Morgan fingerprint density at radius 3 is 2.33 bits per heavy atom. The van der Waals surface area contributed by atoms with E-state index in [1.54, 1.807) is 18.2 Å². The van der Waals surface area contributed by atoms with Crippen molar-refractivity contribution in [3.05, 3.63) is 57.0 Å². The van der Waals surface area contributed by atoms with Gasteiger partial charge in [0.25, 0.3) is 0 Å². The number of halogens is 3. The third-order valence-electron chi connectivity index (χ3n) is 2.94. The summed E-state index contributed by atoms with van der Waals surface area (Å²) in [5, 5.41) is 9.11. The number of anilines is 2. The summed E-state index contributed by atoms with van der Waals surface area (Å²) in [6.45, 7) is 1.88. The molecule has 0 saturated heterocycles. The highest BCUT2D eigenvalue weighted by molar-refractivity contribution is 6.39. The van der Waals surface area contributed by atoms with E-state index in [1.165, 1.54) is 0 Å². The normalized spacial score (nSPS) is 11.4. The zero-order chi connectivity index (χ0) is 15.4. The highest BCUT2D eigenvalue weighted by Gasteiger charge is 2.07. The average Bonchev–Trinajstić information content (AvgIpc) is 2.46. The Balaban J connectivity index is 2.32. The van der Waals surface area contributed by atoms with Gasteiger partial charge in [-0.1, -0.05) is 40.9 Å². The van der Waals surface area contributed by atoms with Crippen LogP contribution in [0.15, 0.2) is 41.5 Å². The van der Waals surface area contributed by atoms with Crippen molar-refractivity contribution in [2.24, 2.45) is 5.10 Å². The third kappa shape index (κ3) is 3.82. The van der Waals surface area contributed by atoms with E-state index < -0.39 is 0 Å². The molecule has 21 heavy (non-hydrogen) atoms. The Bertz CT molecular complexity index is 664. The lowest BCUT2D eigenvalue weighted by Gasteiger charge is -2.11. The third-order valence-corrected chi connectivity index (χ3v) is 3.80. The van der Waals surface area contributed by atoms with E-state index >= 15 is 0 Å². The molecule has 0 bridgehead atoms. The molecule has 6 heteroatoms. The van der Waals surface area contributed by atoms with Gasteiger partial charge in [-0.15, -0.1) is 0 Å². The predicted octanol–water partition coefficient (Wildman–Crippen LogP) is 5.52. The van der Waals surface area contributed by atoms with Crippen LogP contribution < -0.4 is 10.7 Å². The first-order chi connectivity index (χ1) is 10.0. The molecule has 0 spiro atoms. The van der Waals surface area contributed by atoms with E-state index in [0.717, 1.165) is 17.0 Å². The second-order valence-corrected chi connectivity index (χ2v) is 5.60. The van der Waals surface area contributed by atoms with Crippen molar-refractivity contribution < 1.29 is 0 Å². The molecule has 0 fully saturated rings. The largest absolute Gasteiger partial charge is 0.388 e. The number of hydrogen-bond acceptors (Lipinski definition) is 3. The van der Waals surface area contributed by atoms with Gasteiger partial charge in [0.2, 0.25) is 0 Å². The minimum atomic E-state index is 0.513. The van der Waals surface area contributed by atoms with Crippen LogP contribution >= 0.6 is 34.8 Å². The summed E-state index contributed by atoms with van der Waals surface area (Å²) in [5.41, 5.74) is 6.08. The highest BCUT2D eigenvalue weighted by Crippen LogP contribution is 2.30. The lowest BCUT2D eigenvalue weighted by molar-refractivity contribution is 1.32. The predicted molar refractivity (Wildman–Crippen MR) is 93.3 cm³/mol. The van der Waals surface area contributed by atoms with Crippen molar-refractivity contribution in [2.45, 2.75) is 6.92 Å². The Hall–Kier alpha value is -1.42. The van der Waals surface area contributed by atoms with E-state index in [0.29, 0.717) is 20.8 Å². The fourth-order valence-corrected chi connectivity index (χ4v) is 2.49. The van der Waals surface area contributed by atoms with Crippen molar-refractivity contribution in [1.29, 1.82) is 0 Å². The van der Waals surface area contributed by atoms with Crippen LogP contribution in [0.25, 0.3) is 0 Å². The summed E-state index contributed by atoms with van der Waals surface area (Å²) in [7, 11) is 1.85. The lowest BCUT2D eigenvalue weighted by atomic mass is 10.1. The summed E-state index contributed by atoms with van der Waals surface area (Å²) in [6.07, 6.45) is 0. The van der Waals surface area contributed by atoms with Gasteiger partial charge in [0.1, 0.15) is 0 Å². The van der Waals surface area contributed by atoms with Gasteiger partial charge in [0.15, 0.2) is 0 Å².